The number of aromatic nitrogens is 1. The summed E-state index contributed by atoms with van der Waals surface area (Å²) in [6.45, 7) is 12.1. The molecule has 0 radical (unpaired) electrons. The Morgan fingerprint density at radius 2 is 1.49 bits per heavy atom. The molecule has 0 bridgehead atoms. The molecule has 1 saturated heterocycles. The van der Waals surface area contributed by atoms with Crippen LogP contribution in [0.15, 0.2) is 53.9 Å². The van der Waals surface area contributed by atoms with Crippen molar-refractivity contribution in [3.63, 3.8) is 0 Å². The first-order valence-corrected chi connectivity index (χ1v) is 32.8. The van der Waals surface area contributed by atoms with Crippen molar-refractivity contribution < 1.29 is 76.9 Å². The van der Waals surface area contributed by atoms with E-state index in [0.29, 0.717) is 25.7 Å². The van der Waals surface area contributed by atoms with Crippen LogP contribution >= 0.6 is 11.3 Å². The van der Waals surface area contributed by atoms with Crippen LogP contribution in [0.2, 0.25) is 0 Å². The lowest BCUT2D eigenvalue weighted by Crippen LogP contribution is -2.49. The van der Waals surface area contributed by atoms with Gasteiger partial charge in [0.25, 0.3) is 36.0 Å². The minimum Gasteiger partial charge on any atom is -0.465 e. The van der Waals surface area contributed by atoms with Gasteiger partial charge >= 0.3 is 6.09 Å². The van der Waals surface area contributed by atoms with Crippen LogP contribution in [0.4, 0.5) is 4.79 Å². The third-order valence-corrected chi connectivity index (χ3v) is 17.9. The highest BCUT2D eigenvalue weighted by molar-refractivity contribution is 7.09. The molecule has 1 aromatic heterocycles. The number of rotatable bonds is 41. The van der Waals surface area contributed by atoms with E-state index in [2.05, 4.69) is 26.2 Å². The molecular formula is C65H94N10O16S. The molecule has 1 aromatic carbocycles. The number of aliphatic hydroxyl groups is 1. The van der Waals surface area contributed by atoms with Crippen molar-refractivity contribution in [1.82, 2.24) is 50.8 Å². The molecule has 8 atom stereocenters. The van der Waals surface area contributed by atoms with Crippen LogP contribution in [-0.4, -0.2) is 216 Å². The number of piperidine rings is 1. The number of carbonyl (C=O) groups is 12. The Bertz CT molecular complexity index is 2840. The number of aryl methyl sites for hydroxylation is 1. The highest BCUT2D eigenvalue weighted by Gasteiger charge is 2.39. The molecule has 0 saturated carbocycles. The zero-order valence-corrected chi connectivity index (χ0v) is 55.2. The van der Waals surface area contributed by atoms with Gasteiger partial charge in [0.2, 0.25) is 23.6 Å². The highest BCUT2D eigenvalue weighted by atomic mass is 32.1. The molecule has 1 fully saturated rings. The summed E-state index contributed by atoms with van der Waals surface area (Å²) in [5.74, 6) is -5.63. The first-order valence-electron chi connectivity index (χ1n) is 31.9. The van der Waals surface area contributed by atoms with Crippen molar-refractivity contribution in [3.8, 4) is 0 Å². The Balaban J connectivity index is 1.32. The Labute approximate surface area is 542 Å². The molecule has 4 unspecified atom stereocenters. The summed E-state index contributed by atoms with van der Waals surface area (Å²) in [5, 5.41) is 22.2. The summed E-state index contributed by atoms with van der Waals surface area (Å²) in [6.07, 6.45) is 5.76. The second kappa shape index (κ2) is 38.3. The van der Waals surface area contributed by atoms with Crippen LogP contribution in [0.1, 0.15) is 144 Å². The van der Waals surface area contributed by atoms with Crippen molar-refractivity contribution in [1.29, 1.82) is 0 Å². The van der Waals surface area contributed by atoms with Gasteiger partial charge in [0.15, 0.2) is 11.9 Å². The molecule has 4 heterocycles. The molecule has 3 aliphatic heterocycles. The molecule has 5 N–H and O–H groups in total. The lowest BCUT2D eigenvalue weighted by Gasteiger charge is -2.37. The van der Waals surface area contributed by atoms with E-state index < -0.39 is 89.6 Å². The number of hydrogen-bond acceptors (Lipinski definition) is 19. The van der Waals surface area contributed by atoms with Gasteiger partial charge in [0.05, 0.1) is 25.9 Å². The van der Waals surface area contributed by atoms with E-state index in [-0.39, 0.29) is 144 Å². The van der Waals surface area contributed by atoms with Crippen LogP contribution in [0.3, 0.4) is 0 Å². The number of ketones is 1. The zero-order valence-electron chi connectivity index (χ0n) is 54.4. The number of imide groups is 2. The van der Waals surface area contributed by atoms with Crippen LogP contribution in [0, 0.1) is 24.7 Å². The fourth-order valence-electron chi connectivity index (χ4n) is 11.3. The standard InChI is InChI=1S/C65H94N10O16S/c1-9-44(5)48(38-53(78)51-15-11-13-28-71(51)7)64(87)72(8)52(42(2)3)39-54(63-69-50(40-92-63)62(86)68-47(36-45(6)90-41-77)37-46-18-16-43(4)17-19-46)91-65(88)70-49(61(85)67-27-34-89-35-33-76)14-10-12-26-66-55(79)20-21-56(80)73(29-31-74-57(81)22-23-58(74)82)30-32-75-59(83)24-25-60(75)84/h16-19,22-25,40-42,44-45,47-49,51-52,54,76H,9-15,20-21,26-39H2,1-8H3,(H,66,79)(H,67,85)(H,68,86)(H,70,88)/t44?,45?,47-,48+,49?,51?,52-,54-/m1/s1. The molecule has 3 aliphatic rings. The van der Waals surface area contributed by atoms with E-state index >= 15 is 0 Å². The number of alkyl carbamates (subject to hydrolysis) is 1. The Morgan fingerprint density at radius 1 is 0.837 bits per heavy atom. The smallest absolute Gasteiger partial charge is 0.408 e. The van der Waals surface area contributed by atoms with Crippen molar-refractivity contribution in [2.75, 3.05) is 79.7 Å². The minimum atomic E-state index is -1.21. The van der Waals surface area contributed by atoms with Crippen LogP contribution in [0.5, 0.6) is 0 Å². The SMILES string of the molecule is CCC(C)[C@H](CC(=O)C1CCCCN1C)C(=O)N(C)[C@H](C[C@@H](OC(=O)NC(CCCCNC(=O)CCC(=O)N(CCN1C(=O)C=CC1=O)CCN1C(=O)C=CC1=O)C(=O)NCCOCCO)c1nc(C(=O)N[C@@H](Cc2ccc(C)cc2)CC(C)OC=O)cs1)C(C)C. The maximum absolute atomic E-state index is 14.9. The number of likely N-dealkylation sites (tertiary alicyclic amines) is 1. The van der Waals surface area contributed by atoms with Gasteiger partial charge in [-0.1, -0.05) is 70.4 Å². The highest BCUT2D eigenvalue weighted by Crippen LogP contribution is 2.33. The van der Waals surface area contributed by atoms with Crippen molar-refractivity contribution in [2.45, 2.75) is 161 Å². The number of likely N-dealkylation sites (N-methyl/N-ethyl adjacent to an activating group) is 1. The number of ether oxygens (including phenoxy) is 3. The molecule has 0 spiro atoms. The van der Waals surface area contributed by atoms with Crippen molar-refractivity contribution in [2.24, 2.45) is 17.8 Å². The molecule has 5 rings (SSSR count). The molecule has 92 heavy (non-hydrogen) atoms. The molecule has 506 valence electrons. The minimum absolute atomic E-state index is 0.00983. The van der Waals surface area contributed by atoms with Crippen LogP contribution in [-0.2, 0) is 68.6 Å². The third kappa shape index (κ3) is 23.7. The summed E-state index contributed by atoms with van der Waals surface area (Å²) >= 11 is 1.06. The number of aliphatic hydroxyl groups excluding tert-OH is 1. The number of hydrogen-bond donors (Lipinski definition) is 5. The second-order valence-electron chi connectivity index (χ2n) is 24.1. The molecule has 26 nitrogen and oxygen atoms in total. The van der Waals surface area contributed by atoms with E-state index in [1.165, 1.54) is 10.3 Å². The molecule has 27 heteroatoms. The quantitative estimate of drug-likeness (QED) is 0.0360. The van der Waals surface area contributed by atoms with Gasteiger partial charge in [-0.3, -0.25) is 67.4 Å². The third-order valence-electron chi connectivity index (χ3n) is 16.9. The molecule has 2 aromatic rings. The second-order valence-corrected chi connectivity index (χ2v) is 25.0. The van der Waals surface area contributed by atoms with Crippen molar-refractivity contribution >= 4 is 82.9 Å². The van der Waals surface area contributed by atoms with Gasteiger partial charge in [-0.05, 0) is 83.4 Å². The summed E-state index contributed by atoms with van der Waals surface area (Å²) in [4.78, 5) is 170. The lowest BCUT2D eigenvalue weighted by molar-refractivity contribution is -0.143. The van der Waals surface area contributed by atoms with E-state index in [1.54, 1.807) is 18.9 Å². The number of amides is 10. The number of benzene rings is 1. The van der Waals surface area contributed by atoms with Gasteiger partial charge < -0.3 is 50.4 Å². The average molecular weight is 1300 g/mol. The number of carbonyl (C=O) groups excluding carboxylic acids is 12. The Morgan fingerprint density at radius 3 is 2.09 bits per heavy atom. The van der Waals surface area contributed by atoms with E-state index in [1.807, 2.05) is 65.9 Å². The summed E-state index contributed by atoms with van der Waals surface area (Å²) in [7, 11) is 3.61. The number of Topliss-reactive ketones (excluding diaryl/α,β-unsaturated/α-hetero) is 1. The molecular weight excluding hydrogens is 1210 g/mol. The predicted octanol–water partition coefficient (Wildman–Crippen LogP) is 3.73. The van der Waals surface area contributed by atoms with Gasteiger partial charge in [-0.2, -0.15) is 0 Å². The van der Waals surface area contributed by atoms with Gasteiger partial charge in [0, 0.05) is 126 Å². The first-order chi connectivity index (χ1) is 43.9. The topological polar surface area (TPSA) is 330 Å². The summed E-state index contributed by atoms with van der Waals surface area (Å²) in [5.41, 5.74) is 2.00. The fraction of sp³-hybridized carbons (Fsp3) is 0.615. The van der Waals surface area contributed by atoms with Gasteiger partial charge in [-0.15, -0.1) is 11.3 Å². The number of unbranched alkanes of at least 4 members (excludes halogenated alkanes) is 1. The van der Waals surface area contributed by atoms with E-state index in [4.69, 9.17) is 19.2 Å². The molecule has 0 aliphatic carbocycles. The Hall–Kier alpha value is -7.75. The van der Waals surface area contributed by atoms with E-state index in [0.717, 1.165) is 82.4 Å². The zero-order chi connectivity index (χ0) is 67.4. The maximum atomic E-state index is 14.9. The van der Waals surface area contributed by atoms with Crippen molar-refractivity contribution in [3.05, 3.63) is 75.8 Å². The average Bonchev–Trinajstić information content (AvgIpc) is 1.34. The first kappa shape index (κ1) is 75.0. The maximum Gasteiger partial charge on any atom is 0.408 e. The van der Waals surface area contributed by atoms with Crippen LogP contribution in [0.25, 0.3) is 0 Å². The number of thiazole rings is 1. The summed E-state index contributed by atoms with van der Waals surface area (Å²) < 4.78 is 16.8. The van der Waals surface area contributed by atoms with Gasteiger partial charge in [-0.25, -0.2) is 9.78 Å². The normalized spacial score (nSPS) is 17.2. The fourth-order valence-corrected chi connectivity index (χ4v) is 12.1. The Kier molecular flexibility index (Phi) is 31.2. The van der Waals surface area contributed by atoms with E-state index in [9.17, 15) is 62.6 Å². The number of nitrogens with one attached hydrogen (secondary N) is 4. The number of nitrogens with zero attached hydrogens (tertiary/aromatic N) is 6. The lowest BCUT2D eigenvalue weighted by atomic mass is 9.83. The van der Waals surface area contributed by atoms with Crippen LogP contribution < -0.4 is 21.3 Å². The van der Waals surface area contributed by atoms with Gasteiger partial charge in [0.1, 0.15) is 22.8 Å². The monoisotopic (exact) mass is 1300 g/mol. The predicted molar refractivity (Wildman–Crippen MR) is 340 cm³/mol. The summed E-state index contributed by atoms with van der Waals surface area (Å²) in [6, 6.07) is 5.22. The largest absolute Gasteiger partial charge is 0.465 e. The molecule has 10 amide bonds.